The van der Waals surface area contributed by atoms with E-state index in [1.54, 1.807) is 0 Å². The second-order valence-electron chi connectivity index (χ2n) is 7.11. The zero-order valence-electron chi connectivity index (χ0n) is 16.1. The fourth-order valence-electron chi connectivity index (χ4n) is 3.57. The Hall–Kier alpha value is -2.70. The molecule has 0 bridgehead atoms. The van der Waals surface area contributed by atoms with E-state index in [0.29, 0.717) is 0 Å². The highest BCUT2D eigenvalue weighted by Gasteiger charge is 2.17. The molecule has 0 aromatic heterocycles. The number of amides is 2. The molecule has 6 heteroatoms. The molecular weight excluding hydrogens is 352 g/mol. The molecule has 0 saturated carbocycles. The third-order valence-corrected chi connectivity index (χ3v) is 5.11. The highest BCUT2D eigenvalue weighted by atomic mass is 16.2. The molecule has 0 radical (unpaired) electrons. The Balaban J connectivity index is 1.67. The summed E-state index contributed by atoms with van der Waals surface area (Å²) in [6.45, 7) is 3.36. The molecule has 2 amide bonds. The van der Waals surface area contributed by atoms with Crippen LogP contribution in [0.4, 0.5) is 0 Å². The monoisotopic (exact) mass is 380 g/mol. The van der Waals surface area contributed by atoms with Crippen LogP contribution in [0.1, 0.15) is 33.5 Å². The van der Waals surface area contributed by atoms with Gasteiger partial charge in [-0.15, -0.1) is 0 Å². The van der Waals surface area contributed by atoms with Gasteiger partial charge in [0.1, 0.15) is 0 Å². The Labute approximate surface area is 166 Å². The van der Waals surface area contributed by atoms with E-state index in [4.69, 9.17) is 5.84 Å². The minimum Gasteiger partial charge on any atom is -0.337 e. The largest absolute Gasteiger partial charge is 0.337 e. The Morgan fingerprint density at radius 3 is 2.64 bits per heavy atom. The average molecular weight is 380 g/mol. The van der Waals surface area contributed by atoms with Crippen LogP contribution >= 0.6 is 0 Å². The zero-order valence-corrected chi connectivity index (χ0v) is 16.1. The molecule has 0 aliphatic carbocycles. The van der Waals surface area contributed by atoms with Gasteiger partial charge in [0, 0.05) is 25.2 Å². The van der Waals surface area contributed by atoms with Crippen LogP contribution in [0.5, 0.6) is 0 Å². The highest BCUT2D eigenvalue weighted by Crippen LogP contribution is 2.15. The van der Waals surface area contributed by atoms with Gasteiger partial charge in [-0.3, -0.25) is 15.0 Å². The number of rotatable bonds is 6. The van der Waals surface area contributed by atoms with Crippen LogP contribution in [0.25, 0.3) is 0 Å². The van der Waals surface area contributed by atoms with E-state index in [2.05, 4.69) is 16.8 Å². The molecule has 4 N–H and O–H groups in total. The average Bonchev–Trinajstić information content (AvgIpc) is 3.02. The summed E-state index contributed by atoms with van der Waals surface area (Å²) in [6.07, 6.45) is 2.87. The van der Waals surface area contributed by atoms with Crippen LogP contribution < -0.4 is 16.6 Å². The number of carbonyl (C=O) groups excluding carboxylic acids is 2. The Morgan fingerprint density at radius 2 is 1.82 bits per heavy atom. The number of carbonyl (C=O) groups is 2. The predicted octanol–water partition coefficient (Wildman–Crippen LogP) is 1.44. The third kappa shape index (κ3) is 5.41. The lowest BCUT2D eigenvalue weighted by Crippen LogP contribution is -2.34. The molecule has 3 rings (SSSR count). The summed E-state index contributed by atoms with van der Waals surface area (Å²) in [4.78, 5) is 26.4. The molecule has 1 aliphatic rings. The van der Waals surface area contributed by atoms with Gasteiger partial charge in [0.2, 0.25) is 5.91 Å². The normalized spacial score (nSPS) is 14.4. The van der Waals surface area contributed by atoms with Gasteiger partial charge in [0.15, 0.2) is 0 Å². The van der Waals surface area contributed by atoms with E-state index in [-0.39, 0.29) is 18.2 Å². The van der Waals surface area contributed by atoms with Crippen molar-refractivity contribution in [2.75, 3.05) is 26.2 Å². The number of nitrogens with two attached hydrogens (primary N) is 1. The van der Waals surface area contributed by atoms with Crippen molar-refractivity contribution in [3.8, 4) is 0 Å². The van der Waals surface area contributed by atoms with E-state index >= 15 is 0 Å². The van der Waals surface area contributed by atoms with Crippen molar-refractivity contribution in [2.24, 2.45) is 5.84 Å². The molecule has 0 unspecified atom stereocenters. The minimum absolute atomic E-state index is 0.102. The number of hydrogen-bond donors (Lipinski definition) is 3. The van der Waals surface area contributed by atoms with Gasteiger partial charge in [-0.05, 0) is 54.6 Å². The van der Waals surface area contributed by atoms with Gasteiger partial charge in [-0.25, -0.2) is 5.84 Å². The number of hydrazine groups is 1. The van der Waals surface area contributed by atoms with Crippen molar-refractivity contribution in [1.29, 1.82) is 0 Å². The molecular formula is C22H28N4O2. The highest BCUT2D eigenvalue weighted by molar-refractivity contribution is 5.94. The molecule has 148 valence electrons. The molecule has 0 atom stereocenters. The van der Waals surface area contributed by atoms with Crippen LogP contribution in [0.15, 0.2) is 48.5 Å². The summed E-state index contributed by atoms with van der Waals surface area (Å²) >= 11 is 0. The second-order valence-corrected chi connectivity index (χ2v) is 7.11. The molecule has 1 fully saturated rings. The lowest BCUT2D eigenvalue weighted by Gasteiger charge is -2.20. The zero-order chi connectivity index (χ0) is 19.8. The first-order valence-corrected chi connectivity index (χ1v) is 9.82. The minimum atomic E-state index is -0.202. The molecule has 2 aromatic carbocycles. The van der Waals surface area contributed by atoms with Crippen molar-refractivity contribution in [3.05, 3.63) is 70.8 Å². The van der Waals surface area contributed by atoms with Crippen LogP contribution in [0.2, 0.25) is 0 Å². The van der Waals surface area contributed by atoms with Crippen molar-refractivity contribution >= 4 is 11.8 Å². The third-order valence-electron chi connectivity index (χ3n) is 5.11. The van der Waals surface area contributed by atoms with Crippen molar-refractivity contribution in [3.63, 3.8) is 0 Å². The summed E-state index contributed by atoms with van der Waals surface area (Å²) in [5.41, 5.74) is 6.16. The molecule has 2 aromatic rings. The SMILES string of the molecule is NNC(=O)Cc1ccccc1CCc1cccc(C(=O)N2CCCNCC2)c1. The Bertz CT molecular complexity index is 814. The van der Waals surface area contributed by atoms with Crippen LogP contribution in [-0.4, -0.2) is 42.9 Å². The van der Waals surface area contributed by atoms with Gasteiger partial charge in [0.05, 0.1) is 6.42 Å². The van der Waals surface area contributed by atoms with E-state index in [1.165, 1.54) is 0 Å². The van der Waals surface area contributed by atoms with Gasteiger partial charge < -0.3 is 10.2 Å². The number of benzene rings is 2. The van der Waals surface area contributed by atoms with Crippen LogP contribution in [-0.2, 0) is 24.1 Å². The Kier molecular flexibility index (Phi) is 7.17. The summed E-state index contributed by atoms with van der Waals surface area (Å²) in [6, 6.07) is 15.8. The van der Waals surface area contributed by atoms with E-state index in [9.17, 15) is 9.59 Å². The van der Waals surface area contributed by atoms with Gasteiger partial charge >= 0.3 is 0 Å². The number of hydrogen-bond acceptors (Lipinski definition) is 4. The summed E-state index contributed by atoms with van der Waals surface area (Å²) in [5, 5.41) is 3.33. The first-order chi connectivity index (χ1) is 13.7. The van der Waals surface area contributed by atoms with Crippen LogP contribution in [0, 0.1) is 0 Å². The summed E-state index contributed by atoms with van der Waals surface area (Å²) in [7, 11) is 0. The van der Waals surface area contributed by atoms with Crippen molar-refractivity contribution in [1.82, 2.24) is 15.6 Å². The number of nitrogens with zero attached hydrogens (tertiary/aromatic N) is 1. The fraction of sp³-hybridized carbons (Fsp3) is 0.364. The van der Waals surface area contributed by atoms with Gasteiger partial charge in [-0.2, -0.15) is 0 Å². The fourth-order valence-corrected chi connectivity index (χ4v) is 3.57. The quantitative estimate of drug-likeness (QED) is 0.402. The van der Waals surface area contributed by atoms with Crippen molar-refractivity contribution in [2.45, 2.75) is 25.7 Å². The molecule has 1 saturated heterocycles. The molecule has 0 spiro atoms. The molecule has 1 aliphatic heterocycles. The van der Waals surface area contributed by atoms with Crippen LogP contribution in [0.3, 0.4) is 0 Å². The maximum Gasteiger partial charge on any atom is 0.253 e. The summed E-state index contributed by atoms with van der Waals surface area (Å²) in [5.74, 6) is 5.11. The predicted molar refractivity (Wildman–Crippen MR) is 110 cm³/mol. The number of aryl methyl sites for hydroxylation is 2. The maximum atomic E-state index is 12.8. The lowest BCUT2D eigenvalue weighted by molar-refractivity contribution is -0.120. The second kappa shape index (κ2) is 10.0. The lowest BCUT2D eigenvalue weighted by atomic mass is 9.97. The Morgan fingerprint density at radius 1 is 1.00 bits per heavy atom. The first-order valence-electron chi connectivity index (χ1n) is 9.82. The van der Waals surface area contributed by atoms with E-state index < -0.39 is 0 Å². The smallest absolute Gasteiger partial charge is 0.253 e. The molecule has 28 heavy (non-hydrogen) atoms. The maximum absolute atomic E-state index is 12.8. The van der Waals surface area contributed by atoms with E-state index in [1.807, 2.05) is 47.4 Å². The van der Waals surface area contributed by atoms with E-state index in [0.717, 1.165) is 67.7 Å². The van der Waals surface area contributed by atoms with Crippen molar-refractivity contribution < 1.29 is 9.59 Å². The topological polar surface area (TPSA) is 87.5 Å². The van der Waals surface area contributed by atoms with Gasteiger partial charge in [0.25, 0.3) is 5.91 Å². The molecule has 1 heterocycles. The van der Waals surface area contributed by atoms with Gasteiger partial charge in [-0.1, -0.05) is 36.4 Å². The standard InChI is InChI=1S/C22H28N4O2/c23-25-21(27)16-19-7-2-1-6-18(19)10-9-17-5-3-8-20(15-17)22(28)26-13-4-11-24-12-14-26/h1-3,5-8,15,24H,4,9-14,16,23H2,(H,25,27). The first kappa shape index (κ1) is 20.0. The molecule has 6 nitrogen and oxygen atoms in total. The number of nitrogens with one attached hydrogen (secondary N) is 2. The summed E-state index contributed by atoms with van der Waals surface area (Å²) < 4.78 is 0.